The van der Waals surface area contributed by atoms with Gasteiger partial charge in [-0.1, -0.05) is 0 Å². The third-order valence-electron chi connectivity index (χ3n) is 3.85. The fourth-order valence-corrected chi connectivity index (χ4v) is 2.59. The number of aryl methyl sites for hydroxylation is 1. The van der Waals surface area contributed by atoms with E-state index in [1.54, 1.807) is 14.2 Å². The lowest BCUT2D eigenvalue weighted by atomic mass is 10.0. The second-order valence-electron chi connectivity index (χ2n) is 4.79. The molecular weight excluding hydrogens is 238 g/mol. The zero-order valence-electron chi connectivity index (χ0n) is 11.6. The Balaban J connectivity index is 2.45. The molecular formula is C16H17NO2. The zero-order chi connectivity index (χ0) is 13.6. The van der Waals surface area contributed by atoms with E-state index in [-0.39, 0.29) is 0 Å². The zero-order valence-corrected chi connectivity index (χ0v) is 11.6. The van der Waals surface area contributed by atoms with E-state index >= 15 is 0 Å². The van der Waals surface area contributed by atoms with E-state index < -0.39 is 0 Å². The molecule has 0 aliphatic carbocycles. The molecule has 0 radical (unpaired) electrons. The van der Waals surface area contributed by atoms with Gasteiger partial charge < -0.3 is 14.5 Å². The van der Waals surface area contributed by atoms with Gasteiger partial charge in [-0.2, -0.15) is 0 Å². The van der Waals surface area contributed by atoms with Gasteiger partial charge in [0.05, 0.1) is 14.2 Å². The molecule has 0 spiro atoms. The molecule has 0 unspecified atom stereocenters. The van der Waals surface area contributed by atoms with Gasteiger partial charge in [0, 0.05) is 21.8 Å². The first-order valence-corrected chi connectivity index (χ1v) is 6.29. The number of fused-ring (bicyclic) bond motifs is 3. The number of hydrogen-bond donors (Lipinski definition) is 1. The van der Waals surface area contributed by atoms with Crippen molar-refractivity contribution in [1.29, 1.82) is 0 Å². The van der Waals surface area contributed by atoms with Crippen molar-refractivity contribution in [3.8, 4) is 11.5 Å². The number of methoxy groups -OCH3 is 2. The molecule has 0 saturated carbocycles. The minimum absolute atomic E-state index is 0.866. The Morgan fingerprint density at radius 2 is 1.68 bits per heavy atom. The van der Waals surface area contributed by atoms with Crippen LogP contribution in [-0.2, 0) is 0 Å². The molecule has 2 aromatic carbocycles. The second-order valence-corrected chi connectivity index (χ2v) is 4.79. The Hall–Kier alpha value is -2.16. The van der Waals surface area contributed by atoms with Crippen molar-refractivity contribution in [2.75, 3.05) is 14.2 Å². The van der Waals surface area contributed by atoms with Crippen molar-refractivity contribution >= 4 is 21.8 Å². The molecule has 19 heavy (non-hydrogen) atoms. The number of aromatic amines is 1. The quantitative estimate of drug-likeness (QED) is 0.752. The standard InChI is InChI=1S/C16H17NO2/c1-9-10(2)16-13(8-15(9)19-4)12-7-11(18-3)5-6-14(12)17-16/h5-8,17H,1-4H3. The number of aromatic nitrogens is 1. The van der Waals surface area contributed by atoms with Gasteiger partial charge in [0.2, 0.25) is 0 Å². The van der Waals surface area contributed by atoms with Gasteiger partial charge in [-0.25, -0.2) is 0 Å². The first-order valence-electron chi connectivity index (χ1n) is 6.29. The first kappa shape index (κ1) is 11.9. The van der Waals surface area contributed by atoms with Gasteiger partial charge in [-0.3, -0.25) is 0 Å². The Morgan fingerprint density at radius 1 is 0.895 bits per heavy atom. The molecule has 1 N–H and O–H groups in total. The van der Waals surface area contributed by atoms with Crippen LogP contribution in [-0.4, -0.2) is 19.2 Å². The molecule has 0 aliphatic rings. The Bertz CT molecular complexity index is 771. The smallest absolute Gasteiger partial charge is 0.122 e. The highest BCUT2D eigenvalue weighted by atomic mass is 16.5. The number of hydrogen-bond acceptors (Lipinski definition) is 2. The van der Waals surface area contributed by atoms with Crippen LogP contribution in [0.3, 0.4) is 0 Å². The maximum absolute atomic E-state index is 5.46. The highest BCUT2D eigenvalue weighted by molar-refractivity contribution is 6.09. The molecule has 0 bridgehead atoms. The van der Waals surface area contributed by atoms with E-state index in [1.165, 1.54) is 22.0 Å². The summed E-state index contributed by atoms with van der Waals surface area (Å²) in [5.41, 5.74) is 4.69. The summed E-state index contributed by atoms with van der Waals surface area (Å²) in [5.74, 6) is 1.79. The fraction of sp³-hybridized carbons (Fsp3) is 0.250. The summed E-state index contributed by atoms with van der Waals surface area (Å²) in [7, 11) is 3.40. The summed E-state index contributed by atoms with van der Waals surface area (Å²) in [6.45, 7) is 4.20. The van der Waals surface area contributed by atoms with Gasteiger partial charge in [0.15, 0.2) is 0 Å². The van der Waals surface area contributed by atoms with Crippen molar-refractivity contribution in [1.82, 2.24) is 4.98 Å². The van der Waals surface area contributed by atoms with Crippen LogP contribution in [0.4, 0.5) is 0 Å². The van der Waals surface area contributed by atoms with E-state index in [0.717, 1.165) is 22.4 Å². The molecule has 0 aliphatic heterocycles. The molecule has 1 heterocycles. The first-order chi connectivity index (χ1) is 9.15. The largest absolute Gasteiger partial charge is 0.497 e. The number of benzene rings is 2. The predicted molar refractivity (Wildman–Crippen MR) is 78.4 cm³/mol. The predicted octanol–water partition coefficient (Wildman–Crippen LogP) is 3.96. The minimum atomic E-state index is 0.866. The normalized spacial score (nSPS) is 11.2. The van der Waals surface area contributed by atoms with Crippen molar-refractivity contribution in [2.45, 2.75) is 13.8 Å². The third kappa shape index (κ3) is 1.65. The average molecular weight is 255 g/mol. The summed E-state index contributed by atoms with van der Waals surface area (Å²) in [6.07, 6.45) is 0. The number of H-pyrrole nitrogens is 1. The Labute approximate surface area is 112 Å². The molecule has 98 valence electrons. The lowest BCUT2D eigenvalue weighted by Crippen LogP contribution is -1.90. The van der Waals surface area contributed by atoms with E-state index in [2.05, 4.69) is 37.0 Å². The van der Waals surface area contributed by atoms with Crippen molar-refractivity contribution in [2.24, 2.45) is 0 Å². The summed E-state index contributed by atoms with van der Waals surface area (Å²) >= 11 is 0. The summed E-state index contributed by atoms with van der Waals surface area (Å²) in [4.78, 5) is 3.48. The van der Waals surface area contributed by atoms with Gasteiger partial charge in [-0.15, -0.1) is 0 Å². The van der Waals surface area contributed by atoms with Gasteiger partial charge in [0.1, 0.15) is 11.5 Å². The van der Waals surface area contributed by atoms with Crippen molar-refractivity contribution < 1.29 is 9.47 Å². The van der Waals surface area contributed by atoms with E-state index in [0.29, 0.717) is 0 Å². The lowest BCUT2D eigenvalue weighted by molar-refractivity contribution is 0.412. The molecule has 1 aromatic heterocycles. The van der Waals surface area contributed by atoms with Crippen LogP contribution in [0.5, 0.6) is 11.5 Å². The Kier molecular flexibility index (Phi) is 2.63. The molecule has 0 fully saturated rings. The van der Waals surface area contributed by atoms with E-state index in [1.807, 2.05) is 6.07 Å². The molecule has 3 rings (SSSR count). The molecule has 0 saturated heterocycles. The van der Waals surface area contributed by atoms with Crippen molar-refractivity contribution in [3.05, 3.63) is 35.4 Å². The Morgan fingerprint density at radius 3 is 2.37 bits per heavy atom. The average Bonchev–Trinajstić information content (AvgIpc) is 2.80. The molecule has 0 atom stereocenters. The summed E-state index contributed by atoms with van der Waals surface area (Å²) in [5, 5.41) is 2.34. The van der Waals surface area contributed by atoms with Crippen LogP contribution in [0, 0.1) is 13.8 Å². The fourth-order valence-electron chi connectivity index (χ4n) is 2.59. The summed E-state index contributed by atoms with van der Waals surface area (Å²) in [6, 6.07) is 8.17. The molecule has 3 nitrogen and oxygen atoms in total. The van der Waals surface area contributed by atoms with Crippen molar-refractivity contribution in [3.63, 3.8) is 0 Å². The summed E-state index contributed by atoms with van der Waals surface area (Å²) < 4.78 is 10.8. The topological polar surface area (TPSA) is 34.2 Å². The van der Waals surface area contributed by atoms with E-state index in [4.69, 9.17) is 9.47 Å². The van der Waals surface area contributed by atoms with Crippen LogP contribution >= 0.6 is 0 Å². The van der Waals surface area contributed by atoms with Gasteiger partial charge in [0.25, 0.3) is 0 Å². The molecule has 3 aromatic rings. The van der Waals surface area contributed by atoms with Gasteiger partial charge in [-0.05, 0) is 49.2 Å². The molecule has 3 heteroatoms. The van der Waals surface area contributed by atoms with Crippen LogP contribution in [0.25, 0.3) is 21.8 Å². The van der Waals surface area contributed by atoms with Crippen LogP contribution in [0.2, 0.25) is 0 Å². The maximum atomic E-state index is 5.46. The highest BCUT2D eigenvalue weighted by Crippen LogP contribution is 2.35. The monoisotopic (exact) mass is 255 g/mol. The van der Waals surface area contributed by atoms with Crippen LogP contribution < -0.4 is 9.47 Å². The number of ether oxygens (including phenoxy) is 2. The lowest BCUT2D eigenvalue weighted by Gasteiger charge is -2.08. The second kappa shape index (κ2) is 4.19. The maximum Gasteiger partial charge on any atom is 0.122 e. The van der Waals surface area contributed by atoms with E-state index in [9.17, 15) is 0 Å². The third-order valence-corrected chi connectivity index (χ3v) is 3.85. The number of rotatable bonds is 2. The molecule has 0 amide bonds. The van der Waals surface area contributed by atoms with Crippen LogP contribution in [0.15, 0.2) is 24.3 Å². The minimum Gasteiger partial charge on any atom is -0.497 e. The number of nitrogens with one attached hydrogen (secondary N) is 1. The van der Waals surface area contributed by atoms with Gasteiger partial charge >= 0.3 is 0 Å². The highest BCUT2D eigenvalue weighted by Gasteiger charge is 2.12. The SMILES string of the molecule is COc1ccc2[nH]c3c(C)c(C)c(OC)cc3c2c1. The van der Waals surface area contributed by atoms with Crippen LogP contribution in [0.1, 0.15) is 11.1 Å².